The first-order valence-electron chi connectivity index (χ1n) is 9.68. The van der Waals surface area contributed by atoms with E-state index in [9.17, 15) is 30.0 Å². The van der Waals surface area contributed by atoms with Crippen molar-refractivity contribution in [3.05, 3.63) is 83.4 Å². The van der Waals surface area contributed by atoms with Crippen LogP contribution in [0.25, 0.3) is 11.1 Å². The minimum atomic E-state index is -0.708. The average Bonchev–Trinajstić information content (AvgIpc) is 2.73. The van der Waals surface area contributed by atoms with Crippen molar-refractivity contribution in [2.24, 2.45) is 0 Å². The molecule has 0 spiro atoms. The summed E-state index contributed by atoms with van der Waals surface area (Å²) < 4.78 is 5.40. The number of ketones is 1. The van der Waals surface area contributed by atoms with Crippen LogP contribution >= 0.6 is 0 Å². The van der Waals surface area contributed by atoms with E-state index in [1.54, 1.807) is 31.2 Å². The minimum Gasteiger partial charge on any atom is -0.508 e. The molecule has 7 nitrogen and oxygen atoms in total. The van der Waals surface area contributed by atoms with Crippen LogP contribution in [-0.4, -0.2) is 32.2 Å². The minimum absolute atomic E-state index is 0.133. The Morgan fingerprint density at radius 3 is 2.16 bits per heavy atom. The van der Waals surface area contributed by atoms with Crippen molar-refractivity contribution in [1.29, 1.82) is 0 Å². The van der Waals surface area contributed by atoms with E-state index in [2.05, 4.69) is 6.58 Å². The van der Waals surface area contributed by atoms with Crippen LogP contribution in [0.3, 0.4) is 0 Å². The summed E-state index contributed by atoms with van der Waals surface area (Å²) in [4.78, 5) is 24.9. The Morgan fingerprint density at radius 2 is 1.50 bits per heavy atom. The summed E-state index contributed by atoms with van der Waals surface area (Å²) in [5.41, 5.74) is 1.21. The van der Waals surface area contributed by atoms with Gasteiger partial charge in [0.05, 0.1) is 11.1 Å². The van der Waals surface area contributed by atoms with Crippen LogP contribution in [0.15, 0.2) is 66.7 Å². The van der Waals surface area contributed by atoms with Gasteiger partial charge in [0.15, 0.2) is 5.78 Å². The fourth-order valence-electron chi connectivity index (χ4n) is 3.25. The summed E-state index contributed by atoms with van der Waals surface area (Å²) in [5, 5.41) is 40.3. The average molecular weight is 434 g/mol. The zero-order valence-electron chi connectivity index (χ0n) is 17.5. The van der Waals surface area contributed by atoms with Gasteiger partial charge in [-0.3, -0.25) is 4.79 Å². The number of esters is 1. The monoisotopic (exact) mass is 434 g/mol. The zero-order valence-corrected chi connectivity index (χ0v) is 17.5. The van der Waals surface area contributed by atoms with Gasteiger partial charge in [-0.1, -0.05) is 30.8 Å². The van der Waals surface area contributed by atoms with E-state index in [1.807, 2.05) is 0 Å². The van der Waals surface area contributed by atoms with E-state index in [4.69, 9.17) is 4.74 Å². The predicted octanol–water partition coefficient (Wildman–Crippen LogP) is 4.59. The molecule has 3 aromatic carbocycles. The highest BCUT2D eigenvalue weighted by Crippen LogP contribution is 2.40. The molecule has 1 atom stereocenters. The molecule has 0 amide bonds. The number of benzene rings is 3. The molecule has 3 rings (SSSR count). The number of carbonyl (C=O) groups is 2. The van der Waals surface area contributed by atoms with Gasteiger partial charge in [-0.2, -0.15) is 0 Å². The summed E-state index contributed by atoms with van der Waals surface area (Å²) in [6.07, 6.45) is -0.691. The molecule has 1 unspecified atom stereocenters. The number of hydrogen-bond donors (Lipinski definition) is 4. The lowest BCUT2D eigenvalue weighted by molar-refractivity contribution is -0.143. The summed E-state index contributed by atoms with van der Waals surface area (Å²) in [7, 11) is 0. The summed E-state index contributed by atoms with van der Waals surface area (Å²) in [5.74, 6) is -2.73. The van der Waals surface area contributed by atoms with E-state index in [0.717, 1.165) is 12.1 Å². The normalized spacial score (nSPS) is 11.6. The molecule has 32 heavy (non-hydrogen) atoms. The maximum Gasteiger partial charge on any atom is 0.333 e. The molecule has 0 fully saturated rings. The lowest BCUT2D eigenvalue weighted by Gasteiger charge is -2.19. The number of phenols is 4. The number of phenolic OH excluding ortho intramolecular Hbond substituents is 4. The predicted molar refractivity (Wildman–Crippen MR) is 118 cm³/mol. The second-order valence-corrected chi connectivity index (χ2v) is 7.33. The van der Waals surface area contributed by atoms with Gasteiger partial charge in [0.1, 0.15) is 29.1 Å². The Bertz CT molecular complexity index is 1230. The fraction of sp³-hybridized carbons (Fsp3) is 0.120. The van der Waals surface area contributed by atoms with Crippen molar-refractivity contribution in [2.45, 2.75) is 20.0 Å². The van der Waals surface area contributed by atoms with Gasteiger partial charge in [0.25, 0.3) is 0 Å². The highest BCUT2D eigenvalue weighted by atomic mass is 16.5. The Morgan fingerprint density at radius 1 is 0.844 bits per heavy atom. The smallest absolute Gasteiger partial charge is 0.333 e. The van der Waals surface area contributed by atoms with Crippen LogP contribution in [0.1, 0.15) is 41.4 Å². The fourth-order valence-corrected chi connectivity index (χ4v) is 3.25. The molecule has 0 heterocycles. The quantitative estimate of drug-likeness (QED) is 0.254. The van der Waals surface area contributed by atoms with E-state index in [0.29, 0.717) is 11.1 Å². The molecule has 4 N–H and O–H groups in total. The Kier molecular flexibility index (Phi) is 6.20. The van der Waals surface area contributed by atoms with Crippen molar-refractivity contribution in [1.82, 2.24) is 0 Å². The number of aromatic hydroxyl groups is 4. The molecular formula is C25H22O7. The van der Waals surface area contributed by atoms with Gasteiger partial charge in [-0.25, -0.2) is 4.79 Å². The van der Waals surface area contributed by atoms with Gasteiger partial charge in [0, 0.05) is 28.8 Å². The van der Waals surface area contributed by atoms with E-state index >= 15 is 0 Å². The maximum absolute atomic E-state index is 13.0. The number of ether oxygens (including phenoxy) is 1. The highest BCUT2D eigenvalue weighted by Gasteiger charge is 2.23. The molecular weight excluding hydrogens is 412 g/mol. The van der Waals surface area contributed by atoms with E-state index < -0.39 is 29.4 Å². The molecule has 164 valence electrons. The van der Waals surface area contributed by atoms with Crippen LogP contribution in [0.5, 0.6) is 23.0 Å². The standard InChI is InChI=1S/C25H22O7/c1-13(2)25(31)32-14(3)16-6-4-5-7-17(16)19-11-20(23(29)12-22(19)28)24(30)18-9-8-15(26)10-21(18)27/h4-12,14,26-29H,1H2,2-3H3. The van der Waals surface area contributed by atoms with Crippen molar-refractivity contribution >= 4 is 11.8 Å². The highest BCUT2D eigenvalue weighted by molar-refractivity contribution is 6.13. The van der Waals surface area contributed by atoms with Crippen molar-refractivity contribution in [3.8, 4) is 34.1 Å². The first-order chi connectivity index (χ1) is 15.1. The summed E-state index contributed by atoms with van der Waals surface area (Å²) >= 11 is 0. The molecule has 0 aliphatic rings. The summed E-state index contributed by atoms with van der Waals surface area (Å²) in [6.45, 7) is 6.76. The van der Waals surface area contributed by atoms with Gasteiger partial charge >= 0.3 is 5.97 Å². The Balaban J connectivity index is 2.10. The zero-order chi connectivity index (χ0) is 23.6. The first kappa shape index (κ1) is 22.4. The molecule has 0 saturated carbocycles. The molecule has 7 heteroatoms. The topological polar surface area (TPSA) is 124 Å². The van der Waals surface area contributed by atoms with Gasteiger partial charge in [0.2, 0.25) is 0 Å². The van der Waals surface area contributed by atoms with E-state index in [-0.39, 0.29) is 33.8 Å². The Labute approximate surface area is 184 Å². The molecule has 0 saturated heterocycles. The summed E-state index contributed by atoms with van der Waals surface area (Å²) in [6, 6.07) is 12.6. The van der Waals surface area contributed by atoms with Crippen molar-refractivity contribution < 1.29 is 34.8 Å². The maximum atomic E-state index is 13.0. The largest absolute Gasteiger partial charge is 0.508 e. The van der Waals surface area contributed by atoms with E-state index in [1.165, 1.54) is 25.1 Å². The van der Waals surface area contributed by atoms with Crippen molar-refractivity contribution in [3.63, 3.8) is 0 Å². The third-order valence-electron chi connectivity index (χ3n) is 4.91. The lowest BCUT2D eigenvalue weighted by atomic mass is 9.92. The SMILES string of the molecule is C=C(C)C(=O)OC(C)c1ccccc1-c1cc(C(=O)c2ccc(O)cc2O)c(O)cc1O. The second kappa shape index (κ2) is 8.85. The Hall–Kier alpha value is -4.26. The van der Waals surface area contributed by atoms with Crippen LogP contribution in [0.2, 0.25) is 0 Å². The number of rotatable bonds is 6. The molecule has 0 aliphatic heterocycles. The molecule has 0 radical (unpaired) electrons. The van der Waals surface area contributed by atoms with Gasteiger partial charge in [-0.15, -0.1) is 0 Å². The van der Waals surface area contributed by atoms with Crippen LogP contribution in [0.4, 0.5) is 0 Å². The van der Waals surface area contributed by atoms with Crippen molar-refractivity contribution in [2.75, 3.05) is 0 Å². The third-order valence-corrected chi connectivity index (χ3v) is 4.91. The van der Waals surface area contributed by atoms with Crippen LogP contribution in [-0.2, 0) is 9.53 Å². The lowest BCUT2D eigenvalue weighted by Crippen LogP contribution is -2.10. The molecule has 3 aromatic rings. The second-order valence-electron chi connectivity index (χ2n) is 7.33. The van der Waals surface area contributed by atoms with Crippen LogP contribution in [0, 0.1) is 0 Å². The molecule has 0 aliphatic carbocycles. The molecule has 0 bridgehead atoms. The third kappa shape index (κ3) is 4.41. The first-order valence-corrected chi connectivity index (χ1v) is 9.68. The molecule has 0 aromatic heterocycles. The van der Waals surface area contributed by atoms with Gasteiger partial charge in [-0.05, 0) is 37.6 Å². The van der Waals surface area contributed by atoms with Crippen LogP contribution < -0.4 is 0 Å². The number of carbonyl (C=O) groups excluding carboxylic acids is 2. The van der Waals surface area contributed by atoms with Gasteiger partial charge < -0.3 is 25.2 Å². The number of hydrogen-bond acceptors (Lipinski definition) is 7.